The van der Waals surface area contributed by atoms with Crippen LogP contribution in [0.4, 0.5) is 0 Å². The van der Waals surface area contributed by atoms with E-state index in [9.17, 15) is 0 Å². The molecule has 0 N–H and O–H groups in total. The molecule has 0 spiro atoms. The Morgan fingerprint density at radius 3 is 2.78 bits per heavy atom. The Hall–Kier alpha value is -2.03. The Balaban J connectivity index is 1.77. The summed E-state index contributed by atoms with van der Waals surface area (Å²) in [4.78, 5) is 8.94. The second-order valence-electron chi connectivity index (χ2n) is 7.86. The van der Waals surface area contributed by atoms with E-state index < -0.39 is 8.07 Å². The van der Waals surface area contributed by atoms with Gasteiger partial charge in [0.1, 0.15) is 24.9 Å². The maximum absolute atomic E-state index is 5.87. The Bertz CT molecular complexity index is 884. The van der Waals surface area contributed by atoms with Crippen LogP contribution in [0.5, 0.6) is 0 Å². The first kappa shape index (κ1) is 19.7. The van der Waals surface area contributed by atoms with Crippen molar-refractivity contribution in [3.63, 3.8) is 0 Å². The molecule has 0 fully saturated rings. The predicted molar refractivity (Wildman–Crippen MR) is 109 cm³/mol. The molecule has 0 saturated heterocycles. The summed E-state index contributed by atoms with van der Waals surface area (Å²) in [6, 6.07) is 3.19. The molecule has 0 amide bonds. The van der Waals surface area contributed by atoms with E-state index in [0.717, 1.165) is 34.9 Å². The van der Waals surface area contributed by atoms with Gasteiger partial charge in [0.25, 0.3) is 0 Å². The van der Waals surface area contributed by atoms with E-state index in [-0.39, 0.29) is 6.23 Å². The second kappa shape index (κ2) is 8.33. The lowest BCUT2D eigenvalue weighted by Crippen LogP contribution is -2.22. The van der Waals surface area contributed by atoms with Gasteiger partial charge in [0.05, 0.1) is 11.9 Å². The van der Waals surface area contributed by atoms with E-state index in [1.807, 2.05) is 47.8 Å². The smallest absolute Gasteiger partial charge is 0.147 e. The van der Waals surface area contributed by atoms with Gasteiger partial charge in [-0.2, -0.15) is 5.10 Å². The van der Waals surface area contributed by atoms with Crippen LogP contribution < -0.4 is 0 Å². The monoisotopic (exact) mass is 387 g/mol. The minimum Gasteiger partial charge on any atom is -0.361 e. The molecule has 146 valence electrons. The number of ether oxygens (including phenoxy) is 2. The van der Waals surface area contributed by atoms with Gasteiger partial charge in [0.15, 0.2) is 0 Å². The quantitative estimate of drug-likeness (QED) is 0.407. The van der Waals surface area contributed by atoms with Gasteiger partial charge in [-0.3, -0.25) is 0 Å². The van der Waals surface area contributed by atoms with E-state index in [2.05, 4.69) is 34.7 Å². The second-order valence-corrected chi connectivity index (χ2v) is 13.5. The highest BCUT2D eigenvalue weighted by Gasteiger charge is 2.15. The molecule has 27 heavy (non-hydrogen) atoms. The van der Waals surface area contributed by atoms with E-state index in [0.29, 0.717) is 13.3 Å². The summed E-state index contributed by atoms with van der Waals surface area (Å²) in [6.45, 7) is 13.0. The maximum atomic E-state index is 5.87. The lowest BCUT2D eigenvalue weighted by atomic mass is 10.2. The summed E-state index contributed by atoms with van der Waals surface area (Å²) in [5.41, 5.74) is 2.70. The van der Waals surface area contributed by atoms with Crippen molar-refractivity contribution >= 4 is 19.1 Å². The topological polar surface area (TPSA) is 67.0 Å². The van der Waals surface area contributed by atoms with Gasteiger partial charge < -0.3 is 14.0 Å². The SMILES string of the molecule is CCO[C@@H](C)n1cc(-c2ncnc3c2ccn3COCC[Si](C)(C)C)cn1. The third kappa shape index (κ3) is 4.82. The zero-order chi connectivity index (χ0) is 19.4. The van der Waals surface area contributed by atoms with Gasteiger partial charge in [0, 0.05) is 44.6 Å². The average molecular weight is 388 g/mol. The third-order valence-corrected chi connectivity index (χ3v) is 6.14. The van der Waals surface area contributed by atoms with Crippen molar-refractivity contribution in [2.24, 2.45) is 0 Å². The number of hydrogen-bond donors (Lipinski definition) is 0. The summed E-state index contributed by atoms with van der Waals surface area (Å²) in [6.07, 6.45) is 7.28. The van der Waals surface area contributed by atoms with Crippen LogP contribution in [0.25, 0.3) is 22.3 Å². The fourth-order valence-electron chi connectivity index (χ4n) is 2.86. The first-order valence-corrected chi connectivity index (χ1v) is 13.1. The van der Waals surface area contributed by atoms with Crippen LogP contribution in [0.15, 0.2) is 31.0 Å². The van der Waals surface area contributed by atoms with Crippen molar-refractivity contribution in [1.82, 2.24) is 24.3 Å². The Labute approximate surface area is 161 Å². The summed E-state index contributed by atoms with van der Waals surface area (Å²) in [5.74, 6) is 0. The van der Waals surface area contributed by atoms with Gasteiger partial charge in [-0.05, 0) is 26.0 Å². The number of fused-ring (bicyclic) bond motifs is 1. The van der Waals surface area contributed by atoms with Crippen LogP contribution in [-0.4, -0.2) is 45.6 Å². The fraction of sp³-hybridized carbons (Fsp3) is 0.526. The van der Waals surface area contributed by atoms with Crippen molar-refractivity contribution in [2.75, 3.05) is 13.2 Å². The maximum Gasteiger partial charge on any atom is 0.147 e. The van der Waals surface area contributed by atoms with Crippen molar-refractivity contribution in [3.8, 4) is 11.3 Å². The lowest BCUT2D eigenvalue weighted by molar-refractivity contribution is 0.0160. The zero-order valence-corrected chi connectivity index (χ0v) is 17.8. The van der Waals surface area contributed by atoms with Gasteiger partial charge in [-0.25, -0.2) is 14.6 Å². The molecule has 0 saturated carbocycles. The van der Waals surface area contributed by atoms with Crippen LogP contribution in [0.2, 0.25) is 25.7 Å². The predicted octanol–water partition coefficient (Wildman–Crippen LogP) is 4.16. The molecular formula is C19H29N5O2Si. The molecule has 0 aliphatic carbocycles. The highest BCUT2D eigenvalue weighted by Crippen LogP contribution is 2.26. The minimum absolute atomic E-state index is 0.106. The molecule has 8 heteroatoms. The molecular weight excluding hydrogens is 358 g/mol. The molecule has 0 aliphatic rings. The Morgan fingerprint density at radius 1 is 1.22 bits per heavy atom. The highest BCUT2D eigenvalue weighted by atomic mass is 28.3. The third-order valence-electron chi connectivity index (χ3n) is 4.44. The Kier molecular flexibility index (Phi) is 6.08. The van der Waals surface area contributed by atoms with Crippen molar-refractivity contribution in [3.05, 3.63) is 31.0 Å². The summed E-state index contributed by atoms with van der Waals surface area (Å²) in [5, 5.41) is 5.41. The van der Waals surface area contributed by atoms with Crippen LogP contribution in [0, 0.1) is 0 Å². The standard InChI is InChI=1S/C19H29N5O2Si/c1-6-26-15(2)24-12-16(11-22-24)18-17-7-8-23(19(17)21-13-20-18)14-25-9-10-27(3,4)5/h7-8,11-13,15H,6,9-10,14H2,1-5H3/t15-/m0/s1. The van der Waals surface area contributed by atoms with Crippen molar-refractivity contribution in [2.45, 2.75) is 52.5 Å². The number of nitrogens with zero attached hydrogens (tertiary/aromatic N) is 5. The molecule has 0 radical (unpaired) electrons. The zero-order valence-electron chi connectivity index (χ0n) is 16.8. The molecule has 0 aromatic carbocycles. The highest BCUT2D eigenvalue weighted by molar-refractivity contribution is 6.76. The molecule has 3 aromatic heterocycles. The molecule has 3 aromatic rings. The minimum atomic E-state index is -1.08. The summed E-state index contributed by atoms with van der Waals surface area (Å²) in [7, 11) is -1.08. The van der Waals surface area contributed by atoms with E-state index >= 15 is 0 Å². The van der Waals surface area contributed by atoms with E-state index in [1.54, 1.807) is 6.33 Å². The van der Waals surface area contributed by atoms with Gasteiger partial charge in [-0.1, -0.05) is 19.6 Å². The molecule has 0 unspecified atom stereocenters. The molecule has 7 nitrogen and oxygen atoms in total. The number of rotatable bonds is 9. The normalized spacial score (nSPS) is 13.4. The molecule has 0 bridgehead atoms. The molecule has 0 aliphatic heterocycles. The van der Waals surface area contributed by atoms with Crippen molar-refractivity contribution in [1.29, 1.82) is 0 Å². The first-order chi connectivity index (χ1) is 12.9. The first-order valence-electron chi connectivity index (χ1n) is 9.43. The van der Waals surface area contributed by atoms with Crippen LogP contribution >= 0.6 is 0 Å². The summed E-state index contributed by atoms with van der Waals surface area (Å²) >= 11 is 0. The van der Waals surface area contributed by atoms with Crippen LogP contribution in [-0.2, 0) is 16.2 Å². The summed E-state index contributed by atoms with van der Waals surface area (Å²) < 4.78 is 15.3. The van der Waals surface area contributed by atoms with Crippen LogP contribution in [0.3, 0.4) is 0 Å². The van der Waals surface area contributed by atoms with Gasteiger partial charge >= 0.3 is 0 Å². The number of hydrogen-bond acceptors (Lipinski definition) is 5. The molecule has 3 heterocycles. The van der Waals surface area contributed by atoms with Crippen molar-refractivity contribution < 1.29 is 9.47 Å². The number of aromatic nitrogens is 5. The average Bonchev–Trinajstić information content (AvgIpc) is 3.25. The molecule has 1 atom stereocenters. The molecule has 3 rings (SSSR count). The van der Waals surface area contributed by atoms with Gasteiger partial charge in [-0.15, -0.1) is 0 Å². The lowest BCUT2D eigenvalue weighted by Gasteiger charge is -2.15. The van der Waals surface area contributed by atoms with Crippen LogP contribution in [0.1, 0.15) is 20.1 Å². The van der Waals surface area contributed by atoms with E-state index in [4.69, 9.17) is 9.47 Å². The van der Waals surface area contributed by atoms with E-state index in [1.165, 1.54) is 0 Å². The largest absolute Gasteiger partial charge is 0.361 e. The van der Waals surface area contributed by atoms with Gasteiger partial charge in [0.2, 0.25) is 0 Å². The Morgan fingerprint density at radius 2 is 2.04 bits per heavy atom. The fourth-order valence-corrected chi connectivity index (χ4v) is 3.61.